The fraction of sp³-hybridized carbons (Fsp3) is 0.222. The fourth-order valence-electron chi connectivity index (χ4n) is 2.40. The molecule has 25 heavy (non-hydrogen) atoms. The molecular weight excluding hydrogens is 318 g/mol. The molecule has 0 atom stereocenters. The minimum atomic E-state index is -0.224. The van der Waals surface area contributed by atoms with Crippen molar-refractivity contribution < 1.29 is 9.53 Å². The molecule has 0 saturated carbocycles. The summed E-state index contributed by atoms with van der Waals surface area (Å²) in [5.74, 6) is 0.651. The van der Waals surface area contributed by atoms with Gasteiger partial charge in [-0.1, -0.05) is 0 Å². The Bertz CT molecular complexity index is 900. The summed E-state index contributed by atoms with van der Waals surface area (Å²) in [4.78, 5) is 21.6. The van der Waals surface area contributed by atoms with Gasteiger partial charge in [0.05, 0.1) is 23.8 Å². The van der Waals surface area contributed by atoms with Crippen LogP contribution in [0.15, 0.2) is 42.7 Å². The van der Waals surface area contributed by atoms with Crippen LogP contribution < -0.4 is 4.74 Å². The van der Waals surface area contributed by atoms with Crippen LogP contribution in [-0.4, -0.2) is 44.7 Å². The quantitative estimate of drug-likeness (QED) is 0.732. The van der Waals surface area contributed by atoms with Gasteiger partial charge in [0.15, 0.2) is 5.69 Å². The van der Waals surface area contributed by atoms with Crippen molar-refractivity contribution >= 4 is 5.91 Å². The molecule has 7 nitrogen and oxygen atoms in total. The van der Waals surface area contributed by atoms with E-state index in [0.717, 1.165) is 17.1 Å². The topological polar surface area (TPSA) is 73.1 Å². The van der Waals surface area contributed by atoms with E-state index in [-0.39, 0.29) is 17.5 Å². The summed E-state index contributed by atoms with van der Waals surface area (Å²) in [7, 11) is 3.32. The Morgan fingerprint density at radius 3 is 2.44 bits per heavy atom. The van der Waals surface area contributed by atoms with Crippen LogP contribution in [-0.2, 0) is 0 Å². The second-order valence-corrected chi connectivity index (χ2v) is 5.88. The molecule has 0 aliphatic heterocycles. The van der Waals surface area contributed by atoms with E-state index in [2.05, 4.69) is 15.1 Å². The van der Waals surface area contributed by atoms with Crippen molar-refractivity contribution in [3.8, 4) is 17.3 Å². The van der Waals surface area contributed by atoms with Gasteiger partial charge in [-0.05, 0) is 44.2 Å². The number of nitrogens with zero attached hydrogens (tertiary/aromatic N) is 5. The number of benzene rings is 1. The zero-order chi connectivity index (χ0) is 18.0. The monoisotopic (exact) mass is 337 g/mol. The van der Waals surface area contributed by atoms with E-state index in [4.69, 9.17) is 4.74 Å². The summed E-state index contributed by atoms with van der Waals surface area (Å²) >= 11 is 0. The number of carbonyl (C=O) groups is 1. The molecule has 7 heteroatoms. The first-order valence-corrected chi connectivity index (χ1v) is 7.79. The average Bonchev–Trinajstić information content (AvgIpc) is 2.93. The summed E-state index contributed by atoms with van der Waals surface area (Å²) in [6, 6.07) is 9.50. The van der Waals surface area contributed by atoms with Crippen LogP contribution in [0.4, 0.5) is 0 Å². The fourth-order valence-corrected chi connectivity index (χ4v) is 2.40. The number of carbonyl (C=O) groups excluding carboxylic acids is 1. The smallest absolute Gasteiger partial charge is 0.273 e. The molecule has 128 valence electrons. The van der Waals surface area contributed by atoms with Crippen LogP contribution in [0.25, 0.3) is 5.69 Å². The SMILES string of the molecule is Cc1cc(C)n(-c2ccc(Oc3cncc(C(=O)N(C)C)n3)cc2)n1. The van der Waals surface area contributed by atoms with Crippen LogP contribution >= 0.6 is 0 Å². The molecule has 0 saturated heterocycles. The average molecular weight is 337 g/mol. The van der Waals surface area contributed by atoms with Crippen molar-refractivity contribution in [1.82, 2.24) is 24.6 Å². The zero-order valence-electron chi connectivity index (χ0n) is 14.6. The number of ether oxygens (including phenoxy) is 1. The van der Waals surface area contributed by atoms with Crippen LogP contribution in [0.3, 0.4) is 0 Å². The van der Waals surface area contributed by atoms with Crippen molar-refractivity contribution in [2.45, 2.75) is 13.8 Å². The van der Waals surface area contributed by atoms with E-state index in [1.807, 2.05) is 48.9 Å². The normalized spacial score (nSPS) is 10.6. The Labute approximate surface area is 145 Å². The second-order valence-electron chi connectivity index (χ2n) is 5.88. The highest BCUT2D eigenvalue weighted by atomic mass is 16.5. The van der Waals surface area contributed by atoms with Gasteiger partial charge in [-0.2, -0.15) is 5.10 Å². The number of hydrogen-bond donors (Lipinski definition) is 0. The molecule has 0 radical (unpaired) electrons. The molecule has 0 N–H and O–H groups in total. The number of rotatable bonds is 4. The lowest BCUT2D eigenvalue weighted by molar-refractivity contribution is 0.0820. The summed E-state index contributed by atoms with van der Waals surface area (Å²) in [5, 5.41) is 4.45. The lowest BCUT2D eigenvalue weighted by Crippen LogP contribution is -2.23. The van der Waals surface area contributed by atoms with Gasteiger partial charge in [-0.15, -0.1) is 0 Å². The zero-order valence-corrected chi connectivity index (χ0v) is 14.6. The molecule has 0 unspecified atom stereocenters. The van der Waals surface area contributed by atoms with E-state index >= 15 is 0 Å². The van der Waals surface area contributed by atoms with Gasteiger partial charge >= 0.3 is 0 Å². The summed E-state index contributed by atoms with van der Waals surface area (Å²) in [6.45, 7) is 3.97. The third kappa shape index (κ3) is 3.65. The van der Waals surface area contributed by atoms with Crippen LogP contribution in [0.2, 0.25) is 0 Å². The first-order chi connectivity index (χ1) is 11.9. The van der Waals surface area contributed by atoms with E-state index in [9.17, 15) is 4.79 Å². The minimum absolute atomic E-state index is 0.224. The van der Waals surface area contributed by atoms with Crippen molar-refractivity contribution in [3.63, 3.8) is 0 Å². The van der Waals surface area contributed by atoms with Gasteiger partial charge in [0.1, 0.15) is 5.75 Å². The molecule has 0 bridgehead atoms. The number of amides is 1. The maximum atomic E-state index is 11.9. The van der Waals surface area contributed by atoms with E-state index in [1.165, 1.54) is 17.3 Å². The number of aryl methyl sites for hydroxylation is 2. The molecule has 2 heterocycles. The molecule has 2 aromatic heterocycles. The summed E-state index contributed by atoms with van der Waals surface area (Å²) in [6.07, 6.45) is 2.89. The number of aromatic nitrogens is 4. The predicted molar refractivity (Wildman–Crippen MR) is 93.2 cm³/mol. The van der Waals surface area contributed by atoms with Crippen molar-refractivity contribution in [2.75, 3.05) is 14.1 Å². The maximum absolute atomic E-state index is 11.9. The lowest BCUT2D eigenvalue weighted by atomic mass is 10.3. The van der Waals surface area contributed by atoms with Gasteiger partial charge in [-0.25, -0.2) is 9.67 Å². The largest absolute Gasteiger partial charge is 0.437 e. The Morgan fingerprint density at radius 2 is 1.84 bits per heavy atom. The molecule has 3 rings (SSSR count). The van der Waals surface area contributed by atoms with Crippen molar-refractivity contribution in [2.24, 2.45) is 0 Å². The first-order valence-electron chi connectivity index (χ1n) is 7.79. The van der Waals surface area contributed by atoms with Gasteiger partial charge < -0.3 is 9.64 Å². The third-order valence-electron chi connectivity index (χ3n) is 3.55. The molecule has 0 spiro atoms. The first kappa shape index (κ1) is 16.6. The summed E-state index contributed by atoms with van der Waals surface area (Å²) in [5.41, 5.74) is 3.21. The Morgan fingerprint density at radius 1 is 1.12 bits per heavy atom. The van der Waals surface area contributed by atoms with E-state index in [0.29, 0.717) is 5.75 Å². The van der Waals surface area contributed by atoms with E-state index in [1.54, 1.807) is 14.1 Å². The molecular formula is C18H19N5O2. The molecule has 3 aromatic rings. The Hall–Kier alpha value is -3.22. The number of hydrogen-bond acceptors (Lipinski definition) is 5. The maximum Gasteiger partial charge on any atom is 0.273 e. The molecule has 0 aliphatic carbocycles. The standard InChI is InChI=1S/C18H19N5O2/c1-12-9-13(2)23(21-12)14-5-7-15(8-6-14)25-17-11-19-10-16(20-17)18(24)22(3)4/h5-11H,1-4H3. The van der Waals surface area contributed by atoms with Gasteiger partial charge in [0.2, 0.25) is 5.88 Å². The van der Waals surface area contributed by atoms with Crippen LogP contribution in [0, 0.1) is 13.8 Å². The van der Waals surface area contributed by atoms with Gasteiger partial charge in [-0.3, -0.25) is 9.78 Å². The molecule has 0 aliphatic rings. The lowest BCUT2D eigenvalue weighted by Gasteiger charge is -2.10. The van der Waals surface area contributed by atoms with Crippen molar-refractivity contribution in [1.29, 1.82) is 0 Å². The Kier molecular flexibility index (Phi) is 4.47. The highest BCUT2D eigenvalue weighted by Gasteiger charge is 2.12. The van der Waals surface area contributed by atoms with Crippen LogP contribution in [0.1, 0.15) is 21.9 Å². The third-order valence-corrected chi connectivity index (χ3v) is 3.55. The summed E-state index contributed by atoms with van der Waals surface area (Å²) < 4.78 is 7.57. The highest BCUT2D eigenvalue weighted by Crippen LogP contribution is 2.21. The minimum Gasteiger partial charge on any atom is -0.437 e. The predicted octanol–water partition coefficient (Wildman–Crippen LogP) is 2.77. The molecule has 0 fully saturated rings. The van der Waals surface area contributed by atoms with Crippen LogP contribution in [0.5, 0.6) is 11.6 Å². The van der Waals surface area contributed by atoms with E-state index < -0.39 is 0 Å². The highest BCUT2D eigenvalue weighted by molar-refractivity contribution is 5.91. The van der Waals surface area contributed by atoms with Gasteiger partial charge in [0, 0.05) is 19.8 Å². The second kappa shape index (κ2) is 6.72. The van der Waals surface area contributed by atoms with Gasteiger partial charge in [0.25, 0.3) is 5.91 Å². The van der Waals surface area contributed by atoms with Crippen molar-refractivity contribution in [3.05, 3.63) is 59.8 Å². The molecule has 1 amide bonds. The molecule has 1 aromatic carbocycles. The Balaban J connectivity index is 1.79.